The molecule has 9 rings (SSSR count). The number of rotatable bonds is 6. The van der Waals surface area contributed by atoms with Crippen molar-refractivity contribution in [1.82, 2.24) is 0 Å². The highest BCUT2D eigenvalue weighted by Gasteiger charge is 2.82. The van der Waals surface area contributed by atoms with E-state index in [4.69, 9.17) is 0 Å². The molecule has 0 N–H and O–H groups in total. The largest absolute Gasteiger partial charge is 0.0653 e. The second kappa shape index (κ2) is 13.9. The van der Waals surface area contributed by atoms with Gasteiger partial charge in [0.15, 0.2) is 0 Å². The predicted octanol–water partition coefficient (Wildman–Crippen LogP) is 12.5. The van der Waals surface area contributed by atoms with E-state index in [0.717, 1.165) is 71.9 Å². The molecule has 0 aromatic heterocycles. The summed E-state index contributed by atoms with van der Waals surface area (Å²) in [6.07, 6.45) is 6.45. The van der Waals surface area contributed by atoms with Gasteiger partial charge in [-0.3, -0.25) is 0 Å². The highest BCUT2D eigenvalue weighted by atomic mass is 14.8. The van der Waals surface area contributed by atoms with Crippen LogP contribution in [0.1, 0.15) is 133 Å². The van der Waals surface area contributed by atoms with Crippen LogP contribution in [0.5, 0.6) is 0 Å². The van der Waals surface area contributed by atoms with Crippen molar-refractivity contribution in [2.45, 2.75) is 82.5 Å². The second-order valence-electron chi connectivity index (χ2n) is 16.2. The van der Waals surface area contributed by atoms with Crippen molar-refractivity contribution in [3.8, 4) is 35.5 Å². The Labute approximate surface area is 334 Å². The highest BCUT2D eigenvalue weighted by molar-refractivity contribution is 5.79. The summed E-state index contributed by atoms with van der Waals surface area (Å²) in [4.78, 5) is 0. The van der Waals surface area contributed by atoms with Crippen molar-refractivity contribution in [3.63, 3.8) is 0 Å². The van der Waals surface area contributed by atoms with Crippen LogP contribution in [-0.4, -0.2) is 0 Å². The molecule has 0 nitrogen and oxygen atoms in total. The van der Waals surface area contributed by atoms with Gasteiger partial charge in [-0.25, -0.2) is 0 Å². The molecule has 0 amide bonds. The van der Waals surface area contributed by atoms with Crippen LogP contribution >= 0.6 is 0 Å². The van der Waals surface area contributed by atoms with Crippen molar-refractivity contribution in [2.24, 2.45) is 5.41 Å². The Balaban J connectivity index is 1.37. The quantitative estimate of drug-likeness (QED) is 0.150. The lowest BCUT2D eigenvalue weighted by atomic mass is 9.48. The standard InChI is InChI=1S/C56H48/c1-5-35-54-47-32-29-45(27-24-42-19-13-9-14-20-42)39-51(47)56(37-7-3)49-34-31-46(28-25-43-21-15-10-16-22-43)40-52(49)55(36-6-2,53(54,56)4)48-33-30-44(38-50(48)54)26-23-41-17-11-8-12-18-41/h8-22,29-34,38-40H,5-7,35-37H2,1-4H3/t53?,54-,55-,56-/m0/s1. The molecule has 0 aliphatic heterocycles. The molecular formula is C56H48. The van der Waals surface area contributed by atoms with Crippen LogP contribution < -0.4 is 0 Å². The summed E-state index contributed by atoms with van der Waals surface area (Å²) < 4.78 is 0. The average molecular weight is 721 g/mol. The van der Waals surface area contributed by atoms with E-state index >= 15 is 0 Å². The van der Waals surface area contributed by atoms with E-state index in [2.05, 4.69) is 209 Å². The minimum Gasteiger partial charge on any atom is -0.0653 e. The van der Waals surface area contributed by atoms with Crippen molar-refractivity contribution in [2.75, 3.05) is 0 Å². The molecule has 0 bridgehead atoms. The van der Waals surface area contributed by atoms with Gasteiger partial charge in [-0.15, -0.1) is 0 Å². The molecule has 6 aromatic rings. The third kappa shape index (κ3) is 4.91. The van der Waals surface area contributed by atoms with Gasteiger partial charge in [-0.05, 0) is 125 Å². The minimum absolute atomic E-state index is 0.176. The Morgan fingerprint density at radius 2 is 0.589 bits per heavy atom. The molecule has 3 aliphatic rings. The lowest BCUT2D eigenvalue weighted by Crippen LogP contribution is -2.54. The molecule has 0 saturated heterocycles. The zero-order chi connectivity index (χ0) is 38.4. The Morgan fingerprint density at radius 3 is 0.857 bits per heavy atom. The summed E-state index contributed by atoms with van der Waals surface area (Å²) in [6.45, 7) is 9.85. The predicted molar refractivity (Wildman–Crippen MR) is 232 cm³/mol. The number of fused-ring (bicyclic) bond motifs is 9. The molecule has 56 heavy (non-hydrogen) atoms. The number of benzene rings is 6. The smallest absolute Gasteiger partial charge is 0.0286 e. The maximum absolute atomic E-state index is 3.61. The molecule has 0 radical (unpaired) electrons. The van der Waals surface area contributed by atoms with Gasteiger partial charge < -0.3 is 0 Å². The van der Waals surface area contributed by atoms with Crippen molar-refractivity contribution < 1.29 is 0 Å². The van der Waals surface area contributed by atoms with Crippen LogP contribution in [0.2, 0.25) is 0 Å². The molecule has 0 fully saturated rings. The van der Waals surface area contributed by atoms with Crippen LogP contribution in [0.25, 0.3) is 0 Å². The van der Waals surface area contributed by atoms with E-state index in [-0.39, 0.29) is 21.7 Å². The molecule has 0 saturated carbocycles. The monoisotopic (exact) mass is 720 g/mol. The molecule has 6 aromatic carbocycles. The second-order valence-corrected chi connectivity index (χ2v) is 16.2. The van der Waals surface area contributed by atoms with Crippen molar-refractivity contribution in [3.05, 3.63) is 212 Å². The maximum Gasteiger partial charge on any atom is 0.0286 e. The third-order valence-electron chi connectivity index (χ3n) is 13.6. The zero-order valence-electron chi connectivity index (χ0n) is 33.1. The van der Waals surface area contributed by atoms with E-state index in [1.807, 2.05) is 0 Å². The Bertz CT molecular complexity index is 2350. The van der Waals surface area contributed by atoms with Gasteiger partial charge in [0.1, 0.15) is 0 Å². The zero-order valence-corrected chi connectivity index (χ0v) is 33.1. The summed E-state index contributed by atoms with van der Waals surface area (Å²) in [7, 11) is 0. The first kappa shape index (κ1) is 35.7. The van der Waals surface area contributed by atoms with Crippen LogP contribution in [-0.2, 0) is 16.2 Å². The molecule has 0 unspecified atom stereocenters. The highest BCUT2D eigenvalue weighted by Crippen LogP contribution is 2.85. The van der Waals surface area contributed by atoms with Gasteiger partial charge in [-0.2, -0.15) is 0 Å². The summed E-state index contributed by atoms with van der Waals surface area (Å²) in [5.74, 6) is 21.3. The summed E-state index contributed by atoms with van der Waals surface area (Å²) in [5.41, 5.74) is 14.4. The van der Waals surface area contributed by atoms with Gasteiger partial charge in [0.2, 0.25) is 0 Å². The summed E-state index contributed by atoms with van der Waals surface area (Å²) in [6, 6.07) is 53.0. The van der Waals surface area contributed by atoms with Gasteiger partial charge >= 0.3 is 0 Å². The van der Waals surface area contributed by atoms with E-state index in [0.29, 0.717) is 0 Å². The third-order valence-corrected chi connectivity index (χ3v) is 13.6. The lowest BCUT2D eigenvalue weighted by molar-refractivity contribution is 0.0540. The molecule has 0 spiro atoms. The van der Waals surface area contributed by atoms with Gasteiger partial charge in [0.25, 0.3) is 0 Å². The average Bonchev–Trinajstić information content (AvgIpc) is 3.64. The van der Waals surface area contributed by atoms with E-state index < -0.39 is 0 Å². The first-order valence-electron chi connectivity index (χ1n) is 20.6. The minimum atomic E-state index is -0.221. The van der Waals surface area contributed by atoms with Gasteiger partial charge in [0, 0.05) is 55.0 Å². The first-order valence-corrected chi connectivity index (χ1v) is 20.6. The first-order chi connectivity index (χ1) is 27.5. The van der Waals surface area contributed by atoms with E-state index in [1.54, 1.807) is 0 Å². The molecule has 3 aliphatic carbocycles. The number of hydrogen-bond acceptors (Lipinski definition) is 0. The van der Waals surface area contributed by atoms with Crippen molar-refractivity contribution >= 4 is 0 Å². The lowest BCUT2D eigenvalue weighted by Gasteiger charge is -2.53. The summed E-state index contributed by atoms with van der Waals surface area (Å²) >= 11 is 0. The van der Waals surface area contributed by atoms with Gasteiger partial charge in [-0.1, -0.05) is 155 Å². The molecule has 0 heterocycles. The normalized spacial score (nSPS) is 22.9. The summed E-state index contributed by atoms with van der Waals surface area (Å²) in [5, 5.41) is 0. The molecule has 3 atom stereocenters. The SMILES string of the molecule is CCC[C@]12c3ccc(C#Cc4ccccc4)cc3[C@]3(CCC)c4ccc(C#Cc5ccccc5)cc4[C@](CCC)(c4ccc(C#Cc5ccccc5)cc41)C23C. The van der Waals surface area contributed by atoms with E-state index in [9.17, 15) is 0 Å². The molecule has 272 valence electrons. The Kier molecular flexibility index (Phi) is 8.88. The molecular weight excluding hydrogens is 673 g/mol. The van der Waals surface area contributed by atoms with Gasteiger partial charge in [0.05, 0.1) is 0 Å². The fraction of sp³-hybridized carbons (Fsp3) is 0.250. The van der Waals surface area contributed by atoms with Crippen LogP contribution in [0.4, 0.5) is 0 Å². The number of hydrogen-bond donors (Lipinski definition) is 0. The molecule has 0 heteroatoms. The maximum atomic E-state index is 3.61. The Morgan fingerprint density at radius 1 is 0.321 bits per heavy atom. The van der Waals surface area contributed by atoms with Crippen LogP contribution in [0.3, 0.4) is 0 Å². The Hall–Kier alpha value is -6.00. The van der Waals surface area contributed by atoms with Crippen LogP contribution in [0, 0.1) is 40.9 Å². The topological polar surface area (TPSA) is 0 Å². The van der Waals surface area contributed by atoms with Crippen LogP contribution in [0.15, 0.2) is 146 Å². The fourth-order valence-electron chi connectivity index (χ4n) is 11.9. The fourth-order valence-corrected chi connectivity index (χ4v) is 11.9. The van der Waals surface area contributed by atoms with E-state index in [1.165, 1.54) is 33.4 Å². The van der Waals surface area contributed by atoms with Crippen molar-refractivity contribution in [1.29, 1.82) is 0 Å².